The molecule has 0 radical (unpaired) electrons. The molecule has 2 rings (SSSR count). The zero-order valence-corrected chi connectivity index (χ0v) is 11.4. The van der Waals surface area contributed by atoms with Crippen LogP contribution in [0.25, 0.3) is 0 Å². The van der Waals surface area contributed by atoms with Gasteiger partial charge in [-0.1, -0.05) is 11.2 Å². The van der Waals surface area contributed by atoms with Gasteiger partial charge in [-0.3, -0.25) is 14.8 Å². The molecule has 1 aliphatic rings. The standard InChI is InChI=1S/C13H21N5O2/c14-13(16-20)12-11(2-1-3-15-12)10-18-6-4-17(5-7-18)8-9-19/h1-3,19-20H,4-10H2,(H2,14,16). The molecular weight excluding hydrogens is 258 g/mol. The van der Waals surface area contributed by atoms with Crippen molar-refractivity contribution in [2.45, 2.75) is 6.54 Å². The molecule has 0 atom stereocenters. The number of amidine groups is 1. The molecule has 0 aliphatic carbocycles. The maximum atomic E-state index is 8.93. The normalized spacial score (nSPS) is 18.4. The van der Waals surface area contributed by atoms with Crippen LogP contribution in [0.2, 0.25) is 0 Å². The van der Waals surface area contributed by atoms with E-state index < -0.39 is 0 Å². The smallest absolute Gasteiger partial charge is 0.189 e. The molecule has 1 fully saturated rings. The average Bonchev–Trinajstić information content (AvgIpc) is 2.49. The first-order valence-electron chi connectivity index (χ1n) is 6.72. The van der Waals surface area contributed by atoms with Crippen LogP contribution in [-0.4, -0.2) is 70.3 Å². The first kappa shape index (κ1) is 14.7. The van der Waals surface area contributed by atoms with Crippen molar-refractivity contribution in [2.75, 3.05) is 39.3 Å². The molecule has 1 aromatic heterocycles. The lowest BCUT2D eigenvalue weighted by Gasteiger charge is -2.34. The van der Waals surface area contributed by atoms with Crippen LogP contribution >= 0.6 is 0 Å². The van der Waals surface area contributed by atoms with E-state index in [1.54, 1.807) is 6.20 Å². The Morgan fingerprint density at radius 3 is 2.65 bits per heavy atom. The average molecular weight is 279 g/mol. The molecule has 0 amide bonds. The van der Waals surface area contributed by atoms with E-state index in [1.165, 1.54) is 0 Å². The van der Waals surface area contributed by atoms with Crippen molar-refractivity contribution < 1.29 is 10.3 Å². The van der Waals surface area contributed by atoms with Crippen LogP contribution < -0.4 is 5.73 Å². The number of piperazine rings is 1. The largest absolute Gasteiger partial charge is 0.409 e. The summed E-state index contributed by atoms with van der Waals surface area (Å²) >= 11 is 0. The molecule has 7 nitrogen and oxygen atoms in total. The van der Waals surface area contributed by atoms with Gasteiger partial charge in [0.2, 0.25) is 0 Å². The first-order valence-corrected chi connectivity index (χ1v) is 6.72. The number of nitrogens with two attached hydrogens (primary N) is 1. The molecule has 1 aliphatic heterocycles. The third kappa shape index (κ3) is 3.66. The number of pyridine rings is 1. The molecule has 20 heavy (non-hydrogen) atoms. The lowest BCUT2D eigenvalue weighted by molar-refractivity contribution is 0.108. The van der Waals surface area contributed by atoms with Gasteiger partial charge in [0.15, 0.2) is 5.84 Å². The Morgan fingerprint density at radius 2 is 2.00 bits per heavy atom. The van der Waals surface area contributed by atoms with Gasteiger partial charge in [0, 0.05) is 45.5 Å². The number of β-amino-alcohol motifs (C(OH)–C–C–N with tert-alkyl or cyclic N) is 1. The van der Waals surface area contributed by atoms with Gasteiger partial charge in [-0.05, 0) is 11.6 Å². The molecule has 1 aromatic rings. The molecule has 0 spiro atoms. The summed E-state index contributed by atoms with van der Waals surface area (Å²) in [6, 6.07) is 3.80. The number of oxime groups is 1. The van der Waals surface area contributed by atoms with E-state index in [0.717, 1.165) is 44.8 Å². The highest BCUT2D eigenvalue weighted by Crippen LogP contribution is 2.11. The molecule has 0 saturated carbocycles. The van der Waals surface area contributed by atoms with E-state index >= 15 is 0 Å². The van der Waals surface area contributed by atoms with Crippen LogP contribution in [0, 0.1) is 0 Å². The van der Waals surface area contributed by atoms with Crippen molar-refractivity contribution in [3.05, 3.63) is 29.6 Å². The number of hydrogen-bond acceptors (Lipinski definition) is 6. The molecule has 1 saturated heterocycles. The van der Waals surface area contributed by atoms with Gasteiger partial charge in [0.05, 0.1) is 6.61 Å². The predicted molar refractivity (Wildman–Crippen MR) is 75.6 cm³/mol. The van der Waals surface area contributed by atoms with E-state index in [1.807, 2.05) is 12.1 Å². The van der Waals surface area contributed by atoms with Gasteiger partial charge in [0.25, 0.3) is 0 Å². The lowest BCUT2D eigenvalue weighted by atomic mass is 10.1. The third-order valence-corrected chi connectivity index (χ3v) is 3.52. The number of aromatic nitrogens is 1. The Hall–Kier alpha value is -1.70. The van der Waals surface area contributed by atoms with Gasteiger partial charge in [-0.15, -0.1) is 0 Å². The molecule has 2 heterocycles. The van der Waals surface area contributed by atoms with E-state index in [4.69, 9.17) is 16.0 Å². The third-order valence-electron chi connectivity index (χ3n) is 3.52. The lowest BCUT2D eigenvalue weighted by Crippen LogP contribution is -2.46. The molecular formula is C13H21N5O2. The molecule has 0 aromatic carbocycles. The van der Waals surface area contributed by atoms with Crippen molar-refractivity contribution in [3.63, 3.8) is 0 Å². The van der Waals surface area contributed by atoms with Crippen molar-refractivity contribution in [3.8, 4) is 0 Å². The van der Waals surface area contributed by atoms with E-state index in [-0.39, 0.29) is 12.4 Å². The maximum Gasteiger partial charge on any atom is 0.189 e. The van der Waals surface area contributed by atoms with Crippen molar-refractivity contribution in [1.82, 2.24) is 14.8 Å². The molecule has 7 heteroatoms. The highest BCUT2D eigenvalue weighted by Gasteiger charge is 2.18. The summed E-state index contributed by atoms with van der Waals surface area (Å²) in [5.41, 5.74) is 7.14. The van der Waals surface area contributed by atoms with Crippen LogP contribution in [0.15, 0.2) is 23.5 Å². The summed E-state index contributed by atoms with van der Waals surface area (Å²) in [4.78, 5) is 8.72. The second kappa shape index (κ2) is 7.18. The first-order chi connectivity index (χ1) is 9.74. The SMILES string of the molecule is NC(=NO)c1ncccc1CN1CCN(CCO)CC1. The Balaban J connectivity index is 1.98. The topological polar surface area (TPSA) is 98.2 Å². The molecule has 0 bridgehead atoms. The number of rotatable bonds is 5. The van der Waals surface area contributed by atoms with Crippen LogP contribution in [0.3, 0.4) is 0 Å². The van der Waals surface area contributed by atoms with Gasteiger partial charge in [-0.2, -0.15) is 0 Å². The number of hydrogen-bond donors (Lipinski definition) is 3. The molecule has 4 N–H and O–H groups in total. The quantitative estimate of drug-likeness (QED) is 0.285. The summed E-state index contributed by atoms with van der Waals surface area (Å²) in [5.74, 6) is 0.0412. The van der Waals surface area contributed by atoms with Crippen LogP contribution in [0.5, 0.6) is 0 Å². The minimum absolute atomic E-state index is 0.0412. The Labute approximate surface area is 118 Å². The molecule has 0 unspecified atom stereocenters. The van der Waals surface area contributed by atoms with Crippen LogP contribution in [-0.2, 0) is 6.54 Å². The summed E-state index contributed by atoms with van der Waals surface area (Å²) < 4.78 is 0. The zero-order valence-electron chi connectivity index (χ0n) is 11.4. The van der Waals surface area contributed by atoms with E-state index in [0.29, 0.717) is 5.69 Å². The highest BCUT2D eigenvalue weighted by atomic mass is 16.4. The van der Waals surface area contributed by atoms with Gasteiger partial charge in [-0.25, -0.2) is 0 Å². The maximum absolute atomic E-state index is 8.93. The second-order valence-electron chi connectivity index (χ2n) is 4.84. The summed E-state index contributed by atoms with van der Waals surface area (Å²) in [6.07, 6.45) is 1.63. The van der Waals surface area contributed by atoms with Gasteiger partial charge >= 0.3 is 0 Å². The monoisotopic (exact) mass is 279 g/mol. The molecule has 110 valence electrons. The van der Waals surface area contributed by atoms with E-state index in [9.17, 15) is 0 Å². The number of nitrogens with zero attached hydrogens (tertiary/aromatic N) is 4. The van der Waals surface area contributed by atoms with Crippen LogP contribution in [0.1, 0.15) is 11.3 Å². The van der Waals surface area contributed by atoms with Crippen LogP contribution in [0.4, 0.5) is 0 Å². The minimum Gasteiger partial charge on any atom is -0.409 e. The Bertz CT molecular complexity index is 458. The predicted octanol–water partition coefficient (Wildman–Crippen LogP) is -0.714. The van der Waals surface area contributed by atoms with Crippen molar-refractivity contribution >= 4 is 5.84 Å². The highest BCUT2D eigenvalue weighted by molar-refractivity contribution is 5.96. The second-order valence-corrected chi connectivity index (χ2v) is 4.84. The van der Waals surface area contributed by atoms with Crippen molar-refractivity contribution in [1.29, 1.82) is 0 Å². The summed E-state index contributed by atoms with van der Waals surface area (Å²) in [6.45, 7) is 5.42. The number of aliphatic hydroxyl groups is 1. The fourth-order valence-corrected chi connectivity index (χ4v) is 2.40. The van der Waals surface area contributed by atoms with Gasteiger partial charge in [0.1, 0.15) is 5.69 Å². The number of aliphatic hydroxyl groups excluding tert-OH is 1. The zero-order chi connectivity index (χ0) is 14.4. The Kier molecular flexibility index (Phi) is 5.28. The summed E-state index contributed by atoms with van der Waals surface area (Å²) in [7, 11) is 0. The summed E-state index contributed by atoms with van der Waals surface area (Å²) in [5, 5.41) is 20.7. The van der Waals surface area contributed by atoms with E-state index in [2.05, 4.69) is 19.9 Å². The van der Waals surface area contributed by atoms with Crippen molar-refractivity contribution in [2.24, 2.45) is 10.9 Å². The minimum atomic E-state index is 0.0412. The van der Waals surface area contributed by atoms with Gasteiger partial charge < -0.3 is 16.0 Å². The fraction of sp³-hybridized carbons (Fsp3) is 0.538. The fourth-order valence-electron chi connectivity index (χ4n) is 2.40. The Morgan fingerprint density at radius 1 is 1.30 bits per heavy atom.